The third kappa shape index (κ3) is 4.45. The van der Waals surface area contributed by atoms with Crippen molar-refractivity contribution < 1.29 is 13.6 Å². The van der Waals surface area contributed by atoms with Crippen LogP contribution in [0.1, 0.15) is 53.8 Å². The zero-order valence-corrected chi connectivity index (χ0v) is 22.4. The summed E-state index contributed by atoms with van der Waals surface area (Å²) >= 11 is 2.05. The van der Waals surface area contributed by atoms with Gasteiger partial charge in [0.15, 0.2) is 5.58 Å². The third-order valence-corrected chi connectivity index (χ3v) is 7.50. The quantitative estimate of drug-likeness (QED) is 0.254. The summed E-state index contributed by atoms with van der Waals surface area (Å²) in [5.41, 5.74) is 3.63. The number of rotatable bonds is 6. The molecule has 0 spiro atoms. The molecule has 5 rings (SSSR count). The van der Waals surface area contributed by atoms with Crippen LogP contribution in [0.2, 0.25) is 0 Å². The molecule has 7 heteroatoms. The molecular formula is C29H25FINO4. The average Bonchev–Trinajstić information content (AvgIpc) is 3.63. The first-order valence-corrected chi connectivity index (χ1v) is 13.0. The minimum absolute atomic E-state index is 0.0423. The van der Waals surface area contributed by atoms with Crippen LogP contribution in [0.25, 0.3) is 22.1 Å². The Balaban J connectivity index is 1.85. The number of carbonyl (C=O) groups is 1. The van der Waals surface area contributed by atoms with Gasteiger partial charge in [-0.25, -0.2) is 9.18 Å². The summed E-state index contributed by atoms with van der Waals surface area (Å²) in [7, 11) is 0. The zero-order valence-electron chi connectivity index (χ0n) is 20.3. The largest absolute Gasteiger partial charge is 0.422 e. The third-order valence-electron chi connectivity index (χ3n) is 6.83. The number of Topliss-reactive ketones (excluding diaryl/α,β-unsaturated/α-hetero) is 1. The van der Waals surface area contributed by atoms with Gasteiger partial charge in [-0.2, -0.15) is 0 Å². The highest BCUT2D eigenvalue weighted by atomic mass is 127. The van der Waals surface area contributed by atoms with Crippen LogP contribution in [0.15, 0.2) is 56.5 Å². The highest BCUT2D eigenvalue weighted by molar-refractivity contribution is 14.1. The van der Waals surface area contributed by atoms with Gasteiger partial charge in [-0.05, 0) is 90.6 Å². The molecule has 1 aliphatic carbocycles. The summed E-state index contributed by atoms with van der Waals surface area (Å²) in [4.78, 5) is 38.7. The summed E-state index contributed by atoms with van der Waals surface area (Å²) in [6.45, 7) is 5.03. The zero-order chi connectivity index (χ0) is 25.7. The fourth-order valence-corrected chi connectivity index (χ4v) is 5.39. The number of ketones is 1. The molecule has 0 saturated heterocycles. The molecule has 0 amide bonds. The molecule has 2 aromatic carbocycles. The van der Waals surface area contributed by atoms with Crippen LogP contribution in [0.4, 0.5) is 4.39 Å². The summed E-state index contributed by atoms with van der Waals surface area (Å²) in [5.74, 6) is -0.338. The van der Waals surface area contributed by atoms with E-state index in [0.29, 0.717) is 33.3 Å². The topological polar surface area (TPSA) is 69.3 Å². The number of halogens is 2. The second-order valence-corrected chi connectivity index (χ2v) is 10.8. The lowest BCUT2D eigenvalue weighted by molar-refractivity contribution is -0.116. The molecule has 0 radical (unpaired) electrons. The summed E-state index contributed by atoms with van der Waals surface area (Å²) in [6.07, 6.45) is 2.18. The van der Waals surface area contributed by atoms with Crippen LogP contribution in [-0.4, -0.2) is 10.4 Å². The van der Waals surface area contributed by atoms with Crippen LogP contribution in [0, 0.1) is 23.2 Å². The van der Waals surface area contributed by atoms with E-state index in [9.17, 15) is 18.8 Å². The van der Waals surface area contributed by atoms with Gasteiger partial charge in [-0.3, -0.25) is 9.59 Å². The van der Waals surface area contributed by atoms with Gasteiger partial charge < -0.3 is 8.98 Å². The van der Waals surface area contributed by atoms with E-state index in [-0.39, 0.29) is 41.6 Å². The Morgan fingerprint density at radius 2 is 1.89 bits per heavy atom. The van der Waals surface area contributed by atoms with Crippen molar-refractivity contribution >= 4 is 39.3 Å². The van der Waals surface area contributed by atoms with Gasteiger partial charge in [0.25, 0.3) is 5.56 Å². The fourth-order valence-electron chi connectivity index (χ4n) is 4.94. The molecule has 0 aliphatic heterocycles. The maximum atomic E-state index is 14.8. The number of hydrogen-bond acceptors (Lipinski definition) is 4. The van der Waals surface area contributed by atoms with Crippen LogP contribution in [0.3, 0.4) is 0 Å². The molecule has 0 atom stereocenters. The van der Waals surface area contributed by atoms with E-state index in [2.05, 4.69) is 0 Å². The molecule has 2 heterocycles. The van der Waals surface area contributed by atoms with Gasteiger partial charge in [0.1, 0.15) is 11.6 Å². The Hall–Kier alpha value is -3.07. The van der Waals surface area contributed by atoms with Crippen molar-refractivity contribution in [3.8, 4) is 11.1 Å². The number of benzene rings is 2. The molecule has 4 aromatic rings. The van der Waals surface area contributed by atoms with E-state index in [1.807, 2.05) is 53.8 Å². The van der Waals surface area contributed by atoms with Crippen LogP contribution in [-0.2, 0) is 17.6 Å². The highest BCUT2D eigenvalue weighted by Gasteiger charge is 2.31. The number of nitrogens with zero attached hydrogens (tertiary/aromatic N) is 1. The van der Waals surface area contributed by atoms with Gasteiger partial charge >= 0.3 is 5.63 Å². The van der Waals surface area contributed by atoms with Crippen LogP contribution < -0.4 is 11.2 Å². The maximum absolute atomic E-state index is 14.8. The van der Waals surface area contributed by atoms with Gasteiger partial charge in [-0.15, -0.1) is 0 Å². The van der Waals surface area contributed by atoms with Crippen molar-refractivity contribution in [1.82, 2.24) is 4.57 Å². The second-order valence-electron chi connectivity index (χ2n) is 9.56. The van der Waals surface area contributed by atoms with E-state index in [1.54, 1.807) is 30.5 Å². The average molecular weight is 597 g/mol. The van der Waals surface area contributed by atoms with Crippen LogP contribution >= 0.6 is 22.6 Å². The maximum Gasteiger partial charge on any atom is 0.339 e. The monoisotopic (exact) mass is 597 g/mol. The van der Waals surface area contributed by atoms with Crippen molar-refractivity contribution in [3.63, 3.8) is 0 Å². The Kier molecular flexibility index (Phi) is 6.44. The number of hydrogen-bond donors (Lipinski definition) is 0. The van der Waals surface area contributed by atoms with Gasteiger partial charge in [0, 0.05) is 39.3 Å². The first-order valence-electron chi connectivity index (χ1n) is 11.9. The molecule has 0 unspecified atom stereocenters. The molecule has 0 N–H and O–H groups in total. The van der Waals surface area contributed by atoms with E-state index in [0.717, 1.165) is 27.5 Å². The number of pyridine rings is 1. The van der Waals surface area contributed by atoms with Crippen molar-refractivity contribution in [1.29, 1.82) is 0 Å². The number of carbonyl (C=O) groups excluding carboxylic acids is 1. The lowest BCUT2D eigenvalue weighted by Gasteiger charge is -2.19. The standard InChI is InChI=1S/C29H25FINO4/c1-15(33)11-18-5-4-6-20(12-18)25-17(3)32(22-9-10-22)28(34)26-23(16(2)29(35)36-27(25)26)13-19-7-8-21(31)14-24(19)30/h4-8,12,14,22H,9-11,13H2,1-3H3. The Bertz CT molecular complexity index is 1660. The lowest BCUT2D eigenvalue weighted by atomic mass is 9.93. The molecule has 1 saturated carbocycles. The molecule has 1 fully saturated rings. The first kappa shape index (κ1) is 24.6. The van der Waals surface area contributed by atoms with Crippen molar-refractivity contribution in [2.24, 2.45) is 0 Å². The Labute approximate surface area is 221 Å². The predicted molar refractivity (Wildman–Crippen MR) is 146 cm³/mol. The molecule has 5 nitrogen and oxygen atoms in total. The second kappa shape index (κ2) is 9.42. The fraction of sp³-hybridized carbons (Fsp3) is 0.276. The SMILES string of the molecule is CC(=O)Cc1cccc(-c2c(C)n(C3CC3)c(=O)c3c(Cc4ccc(I)cc4F)c(C)c(=O)oc23)c1. The smallest absolute Gasteiger partial charge is 0.339 e. The molecule has 0 bridgehead atoms. The minimum atomic E-state index is -0.549. The molecule has 36 heavy (non-hydrogen) atoms. The summed E-state index contributed by atoms with van der Waals surface area (Å²) in [5, 5.41) is 0.314. The van der Waals surface area contributed by atoms with Crippen molar-refractivity contribution in [2.75, 3.05) is 0 Å². The predicted octanol–water partition coefficient (Wildman–Crippen LogP) is 6.04. The minimum Gasteiger partial charge on any atom is -0.422 e. The van der Waals surface area contributed by atoms with Crippen molar-refractivity contribution in [3.05, 3.63) is 101 Å². The molecular weight excluding hydrogens is 572 g/mol. The van der Waals surface area contributed by atoms with Crippen LogP contribution in [0.5, 0.6) is 0 Å². The Morgan fingerprint density at radius 3 is 2.56 bits per heavy atom. The summed E-state index contributed by atoms with van der Waals surface area (Å²) < 4.78 is 23.2. The van der Waals surface area contributed by atoms with E-state index < -0.39 is 5.63 Å². The van der Waals surface area contributed by atoms with Crippen molar-refractivity contribution in [2.45, 2.75) is 52.5 Å². The summed E-state index contributed by atoms with van der Waals surface area (Å²) in [6, 6.07) is 12.6. The normalized spacial score (nSPS) is 13.4. The molecule has 2 aromatic heterocycles. The Morgan fingerprint density at radius 1 is 1.14 bits per heavy atom. The lowest BCUT2D eigenvalue weighted by Crippen LogP contribution is -2.25. The van der Waals surface area contributed by atoms with Gasteiger partial charge in [0.2, 0.25) is 0 Å². The first-order chi connectivity index (χ1) is 17.2. The van der Waals surface area contributed by atoms with E-state index >= 15 is 0 Å². The number of fused-ring (bicyclic) bond motifs is 1. The number of aromatic nitrogens is 1. The van der Waals surface area contributed by atoms with Gasteiger partial charge in [-0.1, -0.05) is 30.3 Å². The highest BCUT2D eigenvalue weighted by Crippen LogP contribution is 2.40. The van der Waals surface area contributed by atoms with E-state index in [1.165, 1.54) is 6.07 Å². The van der Waals surface area contributed by atoms with Gasteiger partial charge in [0.05, 0.1) is 5.39 Å². The molecule has 1 aliphatic rings. The molecule has 184 valence electrons. The van der Waals surface area contributed by atoms with E-state index in [4.69, 9.17) is 4.42 Å².